The van der Waals surface area contributed by atoms with Crippen LogP contribution in [-0.4, -0.2) is 29.3 Å². The molecule has 0 aromatic heterocycles. The molecule has 0 atom stereocenters. The highest BCUT2D eigenvalue weighted by atomic mass is 35.5. The Balaban J connectivity index is 1.90. The highest BCUT2D eigenvalue weighted by Crippen LogP contribution is 2.34. The predicted molar refractivity (Wildman–Crippen MR) is 67.2 cm³/mol. The van der Waals surface area contributed by atoms with E-state index < -0.39 is 12.1 Å². The van der Waals surface area contributed by atoms with E-state index in [0.717, 1.165) is 5.56 Å². The molecule has 1 aromatic rings. The number of rotatable bonds is 2. The first-order valence-corrected chi connectivity index (χ1v) is 6.50. The molecule has 0 saturated carbocycles. The van der Waals surface area contributed by atoms with Crippen LogP contribution >= 0.6 is 11.6 Å². The number of benzene rings is 1. The Morgan fingerprint density at radius 1 is 1.26 bits per heavy atom. The van der Waals surface area contributed by atoms with Crippen LogP contribution in [0.2, 0.25) is 5.02 Å². The van der Waals surface area contributed by atoms with Crippen LogP contribution in [0.1, 0.15) is 18.4 Å². The average molecular weight is 294 g/mol. The molecule has 0 unspecified atom stereocenters. The van der Waals surface area contributed by atoms with E-state index in [0.29, 0.717) is 19.6 Å². The first-order valence-electron chi connectivity index (χ1n) is 6.12. The maximum absolute atomic E-state index is 12.5. The first-order chi connectivity index (χ1) is 8.86. The van der Waals surface area contributed by atoms with Gasteiger partial charge in [0, 0.05) is 6.54 Å². The van der Waals surface area contributed by atoms with Crippen LogP contribution < -0.4 is 0 Å². The molecule has 1 aromatic carbocycles. The van der Waals surface area contributed by atoms with Crippen molar-refractivity contribution in [3.05, 3.63) is 28.8 Å². The van der Waals surface area contributed by atoms with E-state index in [1.165, 1.54) is 6.07 Å². The number of phenolic OH excluding ortho intramolecular Hbond substituents is 1. The maximum atomic E-state index is 12.5. The van der Waals surface area contributed by atoms with Gasteiger partial charge in [-0.1, -0.05) is 17.7 Å². The molecular formula is C13H15ClF3NO. The van der Waals surface area contributed by atoms with Gasteiger partial charge in [0.1, 0.15) is 5.75 Å². The fraction of sp³-hybridized carbons (Fsp3) is 0.538. The molecular weight excluding hydrogens is 279 g/mol. The molecule has 6 heteroatoms. The molecule has 1 aliphatic rings. The number of phenols is 1. The Labute approximate surface area is 114 Å². The number of halogens is 4. The Kier molecular flexibility index (Phi) is 4.26. The molecule has 0 spiro atoms. The number of piperidine rings is 1. The van der Waals surface area contributed by atoms with E-state index in [4.69, 9.17) is 11.6 Å². The van der Waals surface area contributed by atoms with Gasteiger partial charge in [0.05, 0.1) is 10.9 Å². The number of likely N-dealkylation sites (tertiary alicyclic amines) is 1. The van der Waals surface area contributed by atoms with Crippen LogP contribution in [0, 0.1) is 5.92 Å². The number of hydrogen-bond acceptors (Lipinski definition) is 2. The summed E-state index contributed by atoms with van der Waals surface area (Å²) >= 11 is 5.80. The van der Waals surface area contributed by atoms with Crippen molar-refractivity contribution < 1.29 is 18.3 Å². The van der Waals surface area contributed by atoms with Gasteiger partial charge in [-0.2, -0.15) is 13.2 Å². The largest absolute Gasteiger partial charge is 0.506 e. The quantitative estimate of drug-likeness (QED) is 0.896. The van der Waals surface area contributed by atoms with Crippen molar-refractivity contribution in [3.63, 3.8) is 0 Å². The van der Waals surface area contributed by atoms with E-state index in [9.17, 15) is 18.3 Å². The van der Waals surface area contributed by atoms with Gasteiger partial charge in [-0.15, -0.1) is 0 Å². The summed E-state index contributed by atoms with van der Waals surface area (Å²) in [5, 5.41) is 9.57. The summed E-state index contributed by atoms with van der Waals surface area (Å²) in [5.41, 5.74) is 0.897. The number of aromatic hydroxyl groups is 1. The van der Waals surface area contributed by atoms with Crippen molar-refractivity contribution >= 4 is 11.6 Å². The minimum atomic E-state index is -4.08. The fourth-order valence-electron chi connectivity index (χ4n) is 2.33. The molecule has 2 rings (SSSR count). The zero-order chi connectivity index (χ0) is 14.0. The predicted octanol–water partition coefficient (Wildman–Crippen LogP) is 3.82. The molecule has 19 heavy (non-hydrogen) atoms. The van der Waals surface area contributed by atoms with Crippen LogP contribution in [0.25, 0.3) is 0 Å². The fourth-order valence-corrected chi connectivity index (χ4v) is 2.53. The summed E-state index contributed by atoms with van der Waals surface area (Å²) in [7, 11) is 0. The minimum absolute atomic E-state index is 0.0150. The second-order valence-corrected chi connectivity index (χ2v) is 5.28. The lowest BCUT2D eigenvalue weighted by atomic mass is 9.96. The van der Waals surface area contributed by atoms with E-state index in [1.807, 2.05) is 4.90 Å². The van der Waals surface area contributed by atoms with Crippen molar-refractivity contribution in [2.75, 3.05) is 13.1 Å². The molecule has 1 saturated heterocycles. The zero-order valence-corrected chi connectivity index (χ0v) is 11.0. The Hall–Kier alpha value is -0.940. The third-order valence-corrected chi connectivity index (χ3v) is 3.77. The molecule has 1 aliphatic heterocycles. The summed E-state index contributed by atoms with van der Waals surface area (Å²) in [6, 6.07) is 4.88. The minimum Gasteiger partial charge on any atom is -0.506 e. The average Bonchev–Trinajstić information content (AvgIpc) is 2.33. The third kappa shape index (κ3) is 3.76. The van der Waals surface area contributed by atoms with Gasteiger partial charge in [-0.3, -0.25) is 4.90 Å². The van der Waals surface area contributed by atoms with Gasteiger partial charge < -0.3 is 5.11 Å². The lowest BCUT2D eigenvalue weighted by Crippen LogP contribution is -2.38. The summed E-state index contributed by atoms with van der Waals surface area (Å²) in [6.45, 7) is 1.43. The van der Waals surface area contributed by atoms with Crippen LogP contribution in [-0.2, 0) is 6.54 Å². The van der Waals surface area contributed by atoms with Gasteiger partial charge in [0.2, 0.25) is 0 Å². The molecule has 1 N–H and O–H groups in total. The van der Waals surface area contributed by atoms with Crippen molar-refractivity contribution in [1.29, 1.82) is 0 Å². The highest BCUT2D eigenvalue weighted by molar-refractivity contribution is 6.32. The van der Waals surface area contributed by atoms with Gasteiger partial charge in [-0.05, 0) is 43.6 Å². The zero-order valence-electron chi connectivity index (χ0n) is 10.3. The normalized spacial score (nSPS) is 18.7. The molecule has 0 amide bonds. The van der Waals surface area contributed by atoms with Crippen molar-refractivity contribution in [1.82, 2.24) is 4.90 Å². The molecule has 1 heterocycles. The molecule has 1 fully saturated rings. The second-order valence-electron chi connectivity index (χ2n) is 4.88. The molecule has 0 aliphatic carbocycles. The lowest BCUT2D eigenvalue weighted by molar-refractivity contribution is -0.185. The van der Waals surface area contributed by atoms with Crippen molar-refractivity contribution in [2.24, 2.45) is 5.92 Å². The smallest absolute Gasteiger partial charge is 0.391 e. The van der Waals surface area contributed by atoms with Crippen LogP contribution in [0.3, 0.4) is 0 Å². The SMILES string of the molecule is Oc1ccc(CN2CCC(C(F)(F)F)CC2)cc1Cl. The van der Waals surface area contributed by atoms with Crippen LogP contribution in [0.4, 0.5) is 13.2 Å². The third-order valence-electron chi connectivity index (χ3n) is 3.47. The lowest BCUT2D eigenvalue weighted by Gasteiger charge is -2.32. The first kappa shape index (κ1) is 14.5. The summed E-state index contributed by atoms with van der Waals surface area (Å²) < 4.78 is 37.6. The summed E-state index contributed by atoms with van der Waals surface area (Å²) in [6.07, 6.45) is -3.78. The van der Waals surface area contributed by atoms with E-state index >= 15 is 0 Å². The highest BCUT2D eigenvalue weighted by Gasteiger charge is 2.40. The van der Waals surface area contributed by atoms with Gasteiger partial charge in [0.15, 0.2) is 0 Å². The van der Waals surface area contributed by atoms with Crippen molar-refractivity contribution in [3.8, 4) is 5.75 Å². The molecule has 106 valence electrons. The topological polar surface area (TPSA) is 23.5 Å². The molecule has 0 bridgehead atoms. The second kappa shape index (κ2) is 5.59. The molecule has 0 radical (unpaired) electrons. The van der Waals surface area contributed by atoms with E-state index in [-0.39, 0.29) is 23.6 Å². The Bertz CT molecular complexity index is 442. The summed E-state index contributed by atoms with van der Waals surface area (Å²) in [4.78, 5) is 1.98. The number of nitrogens with zero attached hydrogens (tertiary/aromatic N) is 1. The van der Waals surface area contributed by atoms with Crippen LogP contribution in [0.5, 0.6) is 5.75 Å². The van der Waals surface area contributed by atoms with Crippen LogP contribution in [0.15, 0.2) is 18.2 Å². The van der Waals surface area contributed by atoms with Gasteiger partial charge in [0.25, 0.3) is 0 Å². The van der Waals surface area contributed by atoms with E-state index in [1.54, 1.807) is 12.1 Å². The number of hydrogen-bond donors (Lipinski definition) is 1. The van der Waals surface area contributed by atoms with Gasteiger partial charge in [-0.25, -0.2) is 0 Å². The molecule has 2 nitrogen and oxygen atoms in total. The summed E-state index contributed by atoms with van der Waals surface area (Å²) in [5.74, 6) is -1.16. The Morgan fingerprint density at radius 3 is 2.42 bits per heavy atom. The number of alkyl halides is 3. The standard InChI is InChI=1S/C13H15ClF3NO/c14-11-7-9(1-2-12(11)19)8-18-5-3-10(4-6-18)13(15,16)17/h1-2,7,10,19H,3-6,8H2. The monoisotopic (exact) mass is 293 g/mol. The van der Waals surface area contributed by atoms with Gasteiger partial charge >= 0.3 is 6.18 Å². The van der Waals surface area contributed by atoms with Crippen molar-refractivity contribution in [2.45, 2.75) is 25.6 Å². The Morgan fingerprint density at radius 2 is 1.89 bits per heavy atom. The maximum Gasteiger partial charge on any atom is 0.391 e. The van der Waals surface area contributed by atoms with E-state index in [2.05, 4.69) is 0 Å².